The fourth-order valence-corrected chi connectivity index (χ4v) is 11.9. The number of hydrogen-bond acceptors (Lipinski definition) is 6. The molecule has 81 heavy (non-hydrogen) atoms. The minimum Gasteiger partial charge on any atom is -0.688 e. The number of fused-ring (bicyclic) bond motifs is 21. The van der Waals surface area contributed by atoms with E-state index in [1.807, 2.05) is 0 Å². The van der Waals surface area contributed by atoms with E-state index in [2.05, 4.69) is 174 Å². The molecule has 14 nitrogen and oxygen atoms in total. The molecule has 0 spiro atoms. The molecule has 3 saturated heterocycles. The van der Waals surface area contributed by atoms with Crippen molar-refractivity contribution in [3.63, 3.8) is 0 Å². The number of para-hydroxylation sites is 3. The summed E-state index contributed by atoms with van der Waals surface area (Å²) in [6.45, 7) is 49.0. The minimum atomic E-state index is -1.94. The number of nitrogens with one attached hydrogen (secondary N) is 2. The molecule has 2 bridgehead atoms. The first-order valence-corrected chi connectivity index (χ1v) is 37.9. The summed E-state index contributed by atoms with van der Waals surface area (Å²) in [6.07, 6.45) is 2.60. The van der Waals surface area contributed by atoms with Crippen molar-refractivity contribution < 1.29 is 141 Å². The summed E-state index contributed by atoms with van der Waals surface area (Å²) in [5, 5.41) is 16.8. The van der Waals surface area contributed by atoms with Crippen molar-refractivity contribution in [2.45, 2.75) is 154 Å². The molecule has 2 N–H and O–H groups in total. The molecule has 1 saturated carbocycles. The molecule has 0 atom stereocenters. The van der Waals surface area contributed by atoms with Gasteiger partial charge in [0.05, 0.1) is 79.3 Å². The molecule has 3 heterocycles. The van der Waals surface area contributed by atoms with E-state index in [-0.39, 0.29) is 136 Å². The van der Waals surface area contributed by atoms with Crippen LogP contribution in [0.5, 0.6) is 0 Å². The van der Waals surface area contributed by atoms with Gasteiger partial charge >= 0.3 is 85.5 Å². The summed E-state index contributed by atoms with van der Waals surface area (Å²) in [4.78, 5) is 19.1. The van der Waals surface area contributed by atoms with Gasteiger partial charge in [0.25, 0.3) is 0 Å². The summed E-state index contributed by atoms with van der Waals surface area (Å²) in [7, 11) is -5.81. The fourth-order valence-electron chi connectivity index (χ4n) is 8.56. The summed E-state index contributed by atoms with van der Waals surface area (Å²) < 4.78 is 34.4. The first-order valence-electron chi connectivity index (χ1n) is 29.1. The summed E-state index contributed by atoms with van der Waals surface area (Å²) in [5.74, 6) is 0. The smallest absolute Gasteiger partial charge is 0.688 e. The molecule has 3 aromatic rings. The van der Waals surface area contributed by atoms with Gasteiger partial charge in [0, 0.05) is 17.1 Å². The van der Waals surface area contributed by atoms with Crippen LogP contribution in [0.1, 0.15) is 81.6 Å². The van der Waals surface area contributed by atoms with E-state index in [9.17, 15) is 0 Å². The van der Waals surface area contributed by atoms with Gasteiger partial charge in [-0.15, -0.1) is 18.1 Å². The van der Waals surface area contributed by atoms with Crippen LogP contribution in [0, 0.1) is 0 Å². The maximum Gasteiger partial charge on any atom is 2.00 e. The molecular weight excluding hydrogens is 1220 g/mol. The second-order valence-corrected chi connectivity index (χ2v) is 40.5. The minimum absolute atomic E-state index is 0. The fraction of sp³-hybridized carbons (Fsp3) is 0.700. The van der Waals surface area contributed by atoms with Gasteiger partial charge in [-0.2, -0.15) is 34.1 Å². The van der Waals surface area contributed by atoms with Crippen LogP contribution in [0.2, 0.25) is 54.4 Å². The van der Waals surface area contributed by atoms with Crippen molar-refractivity contribution >= 4 is 58.8 Å². The Labute approximate surface area is 569 Å². The van der Waals surface area contributed by atoms with Gasteiger partial charge in [0.1, 0.15) is 39.3 Å². The zero-order valence-electron chi connectivity index (χ0n) is 52.7. The first kappa shape index (κ1) is 79.0. The molecule has 456 valence electrons. The van der Waals surface area contributed by atoms with Gasteiger partial charge in [0.15, 0.2) is 0 Å². The number of quaternary nitrogens is 2. The molecule has 0 aromatic heterocycles. The van der Waals surface area contributed by atoms with Crippen LogP contribution < -0.4 is 61.2 Å². The summed E-state index contributed by atoms with van der Waals surface area (Å²) in [6, 6.07) is 25.6. The normalized spacial score (nSPS) is 21.9. The van der Waals surface area contributed by atoms with E-state index in [1.165, 1.54) is 9.80 Å². The molecule has 7 rings (SSSR count). The van der Waals surface area contributed by atoms with E-state index in [4.69, 9.17) is 59.3 Å². The van der Waals surface area contributed by atoms with Crippen LogP contribution in [0.25, 0.3) is 30.9 Å². The largest absolute Gasteiger partial charge is 2.00 e. The van der Waals surface area contributed by atoms with Gasteiger partial charge in [0.2, 0.25) is 0 Å². The Morgan fingerprint density at radius 3 is 0.716 bits per heavy atom. The number of hydrogen-bond donors (Lipinski definition) is 2. The Morgan fingerprint density at radius 1 is 0.346 bits per heavy atom. The van der Waals surface area contributed by atoms with Crippen LogP contribution in [0.15, 0.2) is 72.8 Å². The van der Waals surface area contributed by atoms with Crippen LogP contribution in [-0.2, 0) is 79.6 Å². The zero-order valence-corrected chi connectivity index (χ0v) is 62.1. The second-order valence-electron chi connectivity index (χ2n) is 26.0. The number of nitrogens with zero attached hydrogens (tertiary/aromatic N) is 6. The number of ether oxygens (including phenoxy) is 6. The third-order valence-electron chi connectivity index (χ3n) is 16.7. The van der Waals surface area contributed by atoms with Crippen LogP contribution in [-0.4, -0.2) is 161 Å². The zero-order chi connectivity index (χ0) is 56.2. The molecule has 4 aliphatic rings. The third-order valence-corrected chi connectivity index (χ3v) is 30.1. The Morgan fingerprint density at radius 2 is 0.531 bits per heavy atom. The number of benzene rings is 3. The quantitative estimate of drug-likeness (QED) is 0.173. The predicted octanol–water partition coefficient (Wildman–Crippen LogP) is 10.3. The van der Waals surface area contributed by atoms with Gasteiger partial charge < -0.3 is 69.1 Å². The molecule has 4 fully saturated rings. The molecule has 1 aliphatic carbocycles. The van der Waals surface area contributed by atoms with Crippen molar-refractivity contribution in [3.8, 4) is 0 Å². The van der Waals surface area contributed by atoms with Crippen molar-refractivity contribution in [2.24, 2.45) is 0 Å². The third kappa shape index (κ3) is 27.9. The monoisotopic (exact) mass is 1320 g/mol. The topological polar surface area (TPSA) is 149 Å². The Balaban J connectivity index is 0.000000928. The molecule has 3 aliphatic heterocycles. The first-order chi connectivity index (χ1) is 36.3. The van der Waals surface area contributed by atoms with Crippen molar-refractivity contribution in [3.05, 3.63) is 104 Å². The average Bonchev–Trinajstić information content (AvgIpc) is 3.33. The molecule has 3 aromatic carbocycles. The maximum atomic E-state index is 5.73. The molecule has 0 unspecified atom stereocenters. The van der Waals surface area contributed by atoms with E-state index >= 15 is 0 Å². The van der Waals surface area contributed by atoms with Gasteiger partial charge in [-0.05, 0) is 24.7 Å². The summed E-state index contributed by atoms with van der Waals surface area (Å²) in [5.41, 5.74) is 5.96. The van der Waals surface area contributed by atoms with Crippen LogP contribution >= 0.6 is 0 Å². The Bertz CT molecular complexity index is 1900. The number of rotatable bonds is 12. The van der Waals surface area contributed by atoms with E-state index in [0.717, 1.165) is 132 Å². The SMILES string of the molecule is C1COCC[NH+]2CCOCCOCC[NH+](CCO1)CCOCCOCC2.CC(C)(C)[Si](C)(C)[N-]c1ccccc1[N-]C1CC([N-]c2ccccc2[N-][Si](C)(C)C(C)(C)C)CC([N-]c2ccccc2[N-][Si](C)(C)C(C)(C)C)C1.[Fe+2].[Fe+2].[Fe].[K+]. The Kier molecular flexibility index (Phi) is 37.5. The maximum absolute atomic E-state index is 5.73. The average molecular weight is 1320 g/mol. The predicted molar refractivity (Wildman–Crippen MR) is 330 cm³/mol. The molecular formula is C60H104Fe3KN8O6Si3+. The van der Waals surface area contributed by atoms with Crippen LogP contribution in [0.3, 0.4) is 0 Å². The van der Waals surface area contributed by atoms with Gasteiger partial charge in [-0.1, -0.05) is 209 Å². The van der Waals surface area contributed by atoms with Gasteiger partial charge in [-0.3, -0.25) is 0 Å². The molecule has 0 radical (unpaired) electrons. The molecule has 0 amide bonds. The van der Waals surface area contributed by atoms with Crippen molar-refractivity contribution in [2.75, 3.05) is 119 Å². The second kappa shape index (κ2) is 38.4. The molecule has 21 heteroatoms. The van der Waals surface area contributed by atoms with Crippen molar-refractivity contribution in [1.29, 1.82) is 0 Å². The van der Waals surface area contributed by atoms with Crippen LogP contribution in [0.4, 0.5) is 34.1 Å². The van der Waals surface area contributed by atoms with Crippen molar-refractivity contribution in [1.82, 2.24) is 0 Å². The van der Waals surface area contributed by atoms with E-state index < -0.39 is 24.7 Å². The van der Waals surface area contributed by atoms with Gasteiger partial charge in [-0.25, -0.2) is 0 Å². The Hall–Kier alpha value is -0.0145. The summed E-state index contributed by atoms with van der Waals surface area (Å²) >= 11 is 0. The standard InChI is InChI=1S/C42H66N6Si3.C18H36N2O6.3Fe.K/c1-40(2,3)49(10,11)46-37-25-19-16-22-34(37)43-31-28-32(44-35-23-17-20-26-38(35)47-50(12,13)41(4,5)6)30-33(29-31)45-36-24-18-21-27-39(36)48-51(14,15)42(7,8)9;1-7-21-13-14-24-10-4-20-5-11-25-17-15-22-8-2-19(1)3-9-23-16-18-26-12-6-20;;;;/h16-27,31-33H,28-30H2,1-15H3;1-18H2;;;;/q-6;;;2*+2;+1/p+2. The van der Waals surface area contributed by atoms with E-state index in [1.54, 1.807) is 0 Å². The van der Waals surface area contributed by atoms with E-state index in [0.29, 0.717) is 39.6 Å².